The van der Waals surface area contributed by atoms with Gasteiger partial charge in [0, 0.05) is 6.04 Å². The second kappa shape index (κ2) is 5.55. The first-order valence-corrected chi connectivity index (χ1v) is 4.94. The van der Waals surface area contributed by atoms with E-state index < -0.39 is 0 Å². The van der Waals surface area contributed by atoms with E-state index in [2.05, 4.69) is 27.7 Å². The molecule has 3 atom stereocenters. The highest BCUT2D eigenvalue weighted by Gasteiger charge is 2.16. The van der Waals surface area contributed by atoms with Crippen LogP contribution in [-0.2, 0) is 0 Å². The first-order chi connectivity index (χ1) is 5.49. The topological polar surface area (TPSA) is 52.0 Å². The molecule has 4 N–H and O–H groups in total. The van der Waals surface area contributed by atoms with Crippen LogP contribution in [0.5, 0.6) is 0 Å². The number of rotatable bonds is 5. The number of nitrogens with two attached hydrogens (primary N) is 2. The van der Waals surface area contributed by atoms with Crippen molar-refractivity contribution in [1.82, 2.24) is 0 Å². The Labute approximate surface area is 76.7 Å². The molecule has 0 aliphatic rings. The first kappa shape index (κ1) is 11.9. The molecule has 0 saturated carbocycles. The van der Waals surface area contributed by atoms with Gasteiger partial charge in [-0.2, -0.15) is 0 Å². The molecule has 2 heteroatoms. The fourth-order valence-corrected chi connectivity index (χ4v) is 1.17. The van der Waals surface area contributed by atoms with Crippen LogP contribution in [0.2, 0.25) is 0 Å². The van der Waals surface area contributed by atoms with Crippen LogP contribution in [0, 0.1) is 17.8 Å². The highest BCUT2D eigenvalue weighted by atomic mass is 14.6. The SMILES string of the molecule is CC(C)C(N)CC(C)C(C)CN. The van der Waals surface area contributed by atoms with Crippen molar-refractivity contribution >= 4 is 0 Å². The molecule has 0 amide bonds. The van der Waals surface area contributed by atoms with E-state index in [-0.39, 0.29) is 0 Å². The molecule has 0 aromatic rings. The molecule has 0 heterocycles. The predicted octanol–water partition coefficient (Wildman–Crippen LogP) is 1.59. The molecule has 74 valence electrons. The third-order valence-corrected chi connectivity index (χ3v) is 2.84. The summed E-state index contributed by atoms with van der Waals surface area (Å²) in [6.45, 7) is 9.54. The van der Waals surface area contributed by atoms with E-state index in [0.29, 0.717) is 23.8 Å². The van der Waals surface area contributed by atoms with Gasteiger partial charge in [-0.1, -0.05) is 27.7 Å². The van der Waals surface area contributed by atoms with Gasteiger partial charge in [-0.15, -0.1) is 0 Å². The molecule has 0 saturated heterocycles. The molecule has 0 aromatic heterocycles. The number of hydrogen-bond acceptors (Lipinski definition) is 2. The zero-order valence-corrected chi connectivity index (χ0v) is 8.88. The third-order valence-electron chi connectivity index (χ3n) is 2.84. The minimum atomic E-state index is 0.328. The van der Waals surface area contributed by atoms with Crippen molar-refractivity contribution in [1.29, 1.82) is 0 Å². The van der Waals surface area contributed by atoms with Gasteiger partial charge in [0.05, 0.1) is 0 Å². The molecule has 0 aromatic carbocycles. The highest BCUT2D eigenvalue weighted by molar-refractivity contribution is 4.72. The Kier molecular flexibility index (Phi) is 5.51. The van der Waals surface area contributed by atoms with Crippen LogP contribution in [-0.4, -0.2) is 12.6 Å². The van der Waals surface area contributed by atoms with Crippen molar-refractivity contribution in [3.8, 4) is 0 Å². The molecule has 0 rings (SSSR count). The minimum Gasteiger partial charge on any atom is -0.330 e. The maximum absolute atomic E-state index is 5.97. The van der Waals surface area contributed by atoms with Crippen molar-refractivity contribution in [2.75, 3.05) is 6.54 Å². The smallest absolute Gasteiger partial charge is 0.00645 e. The molecule has 0 fully saturated rings. The normalized spacial score (nSPS) is 19.2. The second-order valence-corrected chi connectivity index (χ2v) is 4.33. The van der Waals surface area contributed by atoms with E-state index in [4.69, 9.17) is 11.5 Å². The zero-order chi connectivity index (χ0) is 9.72. The average molecular weight is 172 g/mol. The summed E-state index contributed by atoms with van der Waals surface area (Å²) in [5.74, 6) is 1.82. The Morgan fingerprint density at radius 3 is 1.83 bits per heavy atom. The Morgan fingerprint density at radius 1 is 1.00 bits per heavy atom. The molecule has 0 radical (unpaired) electrons. The minimum absolute atomic E-state index is 0.328. The van der Waals surface area contributed by atoms with Crippen LogP contribution >= 0.6 is 0 Å². The van der Waals surface area contributed by atoms with Gasteiger partial charge in [0.2, 0.25) is 0 Å². The molecule has 0 bridgehead atoms. The maximum atomic E-state index is 5.97. The molecular formula is C10H24N2. The van der Waals surface area contributed by atoms with Crippen LogP contribution in [0.3, 0.4) is 0 Å². The Hall–Kier alpha value is -0.0800. The van der Waals surface area contributed by atoms with Gasteiger partial charge in [-0.3, -0.25) is 0 Å². The Morgan fingerprint density at radius 2 is 1.50 bits per heavy atom. The van der Waals surface area contributed by atoms with Gasteiger partial charge in [0.25, 0.3) is 0 Å². The molecule has 0 aliphatic carbocycles. The van der Waals surface area contributed by atoms with E-state index in [1.165, 1.54) is 0 Å². The number of hydrogen-bond donors (Lipinski definition) is 2. The van der Waals surface area contributed by atoms with Crippen molar-refractivity contribution in [2.45, 2.75) is 40.2 Å². The van der Waals surface area contributed by atoms with E-state index in [1.807, 2.05) is 0 Å². The fourth-order valence-electron chi connectivity index (χ4n) is 1.17. The molecule has 12 heavy (non-hydrogen) atoms. The quantitative estimate of drug-likeness (QED) is 0.661. The van der Waals surface area contributed by atoms with E-state index in [1.54, 1.807) is 0 Å². The van der Waals surface area contributed by atoms with Crippen LogP contribution < -0.4 is 11.5 Å². The van der Waals surface area contributed by atoms with Gasteiger partial charge in [0.15, 0.2) is 0 Å². The van der Waals surface area contributed by atoms with E-state index in [0.717, 1.165) is 13.0 Å². The lowest BCUT2D eigenvalue weighted by Crippen LogP contribution is -2.31. The van der Waals surface area contributed by atoms with E-state index in [9.17, 15) is 0 Å². The lowest BCUT2D eigenvalue weighted by atomic mass is 9.86. The van der Waals surface area contributed by atoms with Crippen molar-refractivity contribution in [3.63, 3.8) is 0 Å². The zero-order valence-electron chi connectivity index (χ0n) is 8.88. The largest absolute Gasteiger partial charge is 0.330 e. The maximum Gasteiger partial charge on any atom is 0.00645 e. The van der Waals surface area contributed by atoms with Crippen LogP contribution in [0.15, 0.2) is 0 Å². The standard InChI is InChI=1S/C10H24N2/c1-7(2)10(12)5-8(3)9(4)6-11/h7-10H,5-6,11-12H2,1-4H3. The summed E-state index contributed by atoms with van der Waals surface area (Å²) in [6, 6.07) is 0.328. The van der Waals surface area contributed by atoms with Crippen LogP contribution in [0.25, 0.3) is 0 Å². The predicted molar refractivity (Wildman–Crippen MR) is 54.8 cm³/mol. The molecule has 2 nitrogen and oxygen atoms in total. The summed E-state index contributed by atoms with van der Waals surface area (Å²) in [5.41, 5.74) is 11.6. The van der Waals surface area contributed by atoms with Crippen molar-refractivity contribution < 1.29 is 0 Å². The lowest BCUT2D eigenvalue weighted by molar-refractivity contribution is 0.313. The third kappa shape index (κ3) is 4.07. The van der Waals surface area contributed by atoms with Crippen LogP contribution in [0.1, 0.15) is 34.1 Å². The Bertz CT molecular complexity index is 112. The summed E-state index contributed by atoms with van der Waals surface area (Å²) < 4.78 is 0. The summed E-state index contributed by atoms with van der Waals surface area (Å²) in [6.07, 6.45) is 1.09. The first-order valence-electron chi connectivity index (χ1n) is 4.94. The highest BCUT2D eigenvalue weighted by Crippen LogP contribution is 2.17. The summed E-state index contributed by atoms with van der Waals surface area (Å²) in [4.78, 5) is 0. The van der Waals surface area contributed by atoms with Crippen LogP contribution in [0.4, 0.5) is 0 Å². The van der Waals surface area contributed by atoms with Gasteiger partial charge >= 0.3 is 0 Å². The summed E-state index contributed by atoms with van der Waals surface area (Å²) >= 11 is 0. The van der Waals surface area contributed by atoms with Crippen molar-refractivity contribution in [2.24, 2.45) is 29.2 Å². The monoisotopic (exact) mass is 172 g/mol. The Balaban J connectivity index is 3.75. The average Bonchev–Trinajstić information content (AvgIpc) is 2.02. The van der Waals surface area contributed by atoms with Gasteiger partial charge in [-0.25, -0.2) is 0 Å². The van der Waals surface area contributed by atoms with E-state index >= 15 is 0 Å². The molecule has 0 spiro atoms. The molecule has 0 aliphatic heterocycles. The van der Waals surface area contributed by atoms with Crippen molar-refractivity contribution in [3.05, 3.63) is 0 Å². The second-order valence-electron chi connectivity index (χ2n) is 4.33. The van der Waals surface area contributed by atoms with Gasteiger partial charge in [-0.05, 0) is 30.7 Å². The molecule has 3 unspecified atom stereocenters. The summed E-state index contributed by atoms with van der Waals surface area (Å²) in [7, 11) is 0. The molecular weight excluding hydrogens is 148 g/mol. The lowest BCUT2D eigenvalue weighted by Gasteiger charge is -2.24. The summed E-state index contributed by atoms with van der Waals surface area (Å²) in [5, 5.41) is 0. The van der Waals surface area contributed by atoms with Gasteiger partial charge < -0.3 is 11.5 Å². The fraction of sp³-hybridized carbons (Fsp3) is 1.00. The van der Waals surface area contributed by atoms with Gasteiger partial charge in [0.1, 0.15) is 0 Å².